The second-order valence-electron chi connectivity index (χ2n) is 7.49. The Hall–Kier alpha value is -3.89. The van der Waals surface area contributed by atoms with Crippen LogP contribution in [0.5, 0.6) is 0 Å². The molecule has 0 bridgehead atoms. The molecule has 0 aliphatic carbocycles. The summed E-state index contributed by atoms with van der Waals surface area (Å²) in [4.78, 5) is 48.8. The molecule has 8 nitrogen and oxygen atoms in total. The molecule has 0 fully saturated rings. The van der Waals surface area contributed by atoms with Crippen LogP contribution in [-0.4, -0.2) is 39.2 Å². The maximum atomic E-state index is 13.4. The normalized spacial score (nSPS) is 11.4. The third-order valence-corrected chi connectivity index (χ3v) is 6.61. The summed E-state index contributed by atoms with van der Waals surface area (Å²) in [6.45, 7) is 1.83. The molecule has 0 aliphatic rings. The van der Waals surface area contributed by atoms with Gasteiger partial charge in [-0.3, -0.25) is 9.59 Å². The SMILES string of the molecule is CCC(Sc1cccc(NC(=O)c2ccc(C(=O)O)cc2C(=O)O)c1)C(=O)Nc1ccc(F)c(Cl)c1. The van der Waals surface area contributed by atoms with Gasteiger partial charge in [-0.2, -0.15) is 0 Å². The lowest BCUT2D eigenvalue weighted by Gasteiger charge is -2.16. The van der Waals surface area contributed by atoms with Gasteiger partial charge in [0.2, 0.25) is 5.91 Å². The van der Waals surface area contributed by atoms with Gasteiger partial charge in [-0.05, 0) is 61.0 Å². The smallest absolute Gasteiger partial charge is 0.336 e. The number of anilines is 2. The molecule has 0 saturated heterocycles. The van der Waals surface area contributed by atoms with Crippen molar-refractivity contribution in [1.82, 2.24) is 0 Å². The number of aromatic carboxylic acids is 2. The zero-order valence-electron chi connectivity index (χ0n) is 18.7. The second-order valence-corrected chi connectivity index (χ2v) is 9.17. The average Bonchev–Trinajstić information content (AvgIpc) is 2.84. The van der Waals surface area contributed by atoms with Gasteiger partial charge >= 0.3 is 11.9 Å². The molecule has 1 atom stereocenters. The van der Waals surface area contributed by atoms with Crippen molar-refractivity contribution in [3.63, 3.8) is 0 Å². The Morgan fingerprint density at radius 3 is 2.28 bits per heavy atom. The van der Waals surface area contributed by atoms with Crippen LogP contribution < -0.4 is 10.6 Å². The van der Waals surface area contributed by atoms with Crippen LogP contribution in [-0.2, 0) is 4.79 Å². The van der Waals surface area contributed by atoms with Crippen LogP contribution in [0.25, 0.3) is 0 Å². The van der Waals surface area contributed by atoms with Crippen molar-refractivity contribution in [3.8, 4) is 0 Å². The monoisotopic (exact) mass is 530 g/mol. The molecule has 0 aliphatic heterocycles. The van der Waals surface area contributed by atoms with Gasteiger partial charge in [-0.25, -0.2) is 14.0 Å². The number of carbonyl (C=O) groups is 4. The van der Waals surface area contributed by atoms with Crippen LogP contribution in [0.4, 0.5) is 15.8 Å². The highest BCUT2D eigenvalue weighted by atomic mass is 35.5. The topological polar surface area (TPSA) is 133 Å². The van der Waals surface area contributed by atoms with E-state index in [0.29, 0.717) is 22.7 Å². The third-order valence-electron chi connectivity index (χ3n) is 4.96. The van der Waals surface area contributed by atoms with Gasteiger partial charge in [0, 0.05) is 16.3 Å². The quantitative estimate of drug-likeness (QED) is 0.263. The summed E-state index contributed by atoms with van der Waals surface area (Å²) in [6.07, 6.45) is 0.472. The molecule has 0 radical (unpaired) electrons. The summed E-state index contributed by atoms with van der Waals surface area (Å²) in [5, 5.41) is 23.2. The van der Waals surface area contributed by atoms with Crippen LogP contribution in [0.1, 0.15) is 44.4 Å². The molecule has 1 unspecified atom stereocenters. The first kappa shape index (κ1) is 26.7. The molecule has 3 aromatic carbocycles. The number of carboxylic acid groups (broad SMARTS) is 2. The molecular weight excluding hydrogens is 511 g/mol. The largest absolute Gasteiger partial charge is 0.478 e. The second kappa shape index (κ2) is 11.7. The van der Waals surface area contributed by atoms with Gasteiger partial charge in [0.25, 0.3) is 5.91 Å². The molecule has 3 aromatic rings. The molecular formula is C25H20ClFN2O6S. The summed E-state index contributed by atoms with van der Waals surface area (Å²) in [7, 11) is 0. The minimum Gasteiger partial charge on any atom is -0.478 e. The van der Waals surface area contributed by atoms with E-state index in [4.69, 9.17) is 16.7 Å². The fourth-order valence-electron chi connectivity index (χ4n) is 3.18. The van der Waals surface area contributed by atoms with E-state index in [0.717, 1.165) is 24.3 Å². The minimum absolute atomic E-state index is 0.111. The standard InChI is InChI=1S/C25H20ClFN2O6S/c1-2-21(23(31)29-15-7-9-20(27)19(26)12-15)36-16-5-3-4-14(11-16)28-22(30)17-8-6-13(24(32)33)10-18(17)25(34)35/h3-12,21H,2H2,1H3,(H,28,30)(H,29,31)(H,32,33)(H,34,35). The lowest BCUT2D eigenvalue weighted by atomic mass is 10.0. The highest BCUT2D eigenvalue weighted by molar-refractivity contribution is 8.00. The van der Waals surface area contributed by atoms with Crippen molar-refractivity contribution in [1.29, 1.82) is 0 Å². The molecule has 186 valence electrons. The lowest BCUT2D eigenvalue weighted by molar-refractivity contribution is -0.115. The fraction of sp³-hybridized carbons (Fsp3) is 0.120. The van der Waals surface area contributed by atoms with E-state index in [2.05, 4.69) is 10.6 Å². The van der Waals surface area contributed by atoms with Gasteiger partial charge in [-0.1, -0.05) is 24.6 Å². The predicted octanol–water partition coefficient (Wildman–Crippen LogP) is 5.64. The molecule has 0 saturated carbocycles. The molecule has 0 heterocycles. The first-order chi connectivity index (χ1) is 17.1. The minimum atomic E-state index is -1.44. The number of hydrogen-bond donors (Lipinski definition) is 4. The lowest BCUT2D eigenvalue weighted by Crippen LogP contribution is -2.24. The maximum absolute atomic E-state index is 13.4. The van der Waals surface area contributed by atoms with E-state index in [1.165, 1.54) is 23.9 Å². The van der Waals surface area contributed by atoms with Crippen molar-refractivity contribution < 1.29 is 33.8 Å². The molecule has 36 heavy (non-hydrogen) atoms. The van der Waals surface area contributed by atoms with E-state index in [1.54, 1.807) is 24.3 Å². The Morgan fingerprint density at radius 2 is 1.64 bits per heavy atom. The van der Waals surface area contributed by atoms with Crippen LogP contribution in [0, 0.1) is 5.82 Å². The number of amides is 2. The first-order valence-electron chi connectivity index (χ1n) is 10.5. The van der Waals surface area contributed by atoms with Gasteiger partial charge in [-0.15, -0.1) is 11.8 Å². The summed E-state index contributed by atoms with van der Waals surface area (Å²) >= 11 is 7.01. The predicted molar refractivity (Wildman–Crippen MR) is 135 cm³/mol. The molecule has 0 spiro atoms. The number of rotatable bonds is 9. The fourth-order valence-corrected chi connectivity index (χ4v) is 4.37. The Bertz CT molecular complexity index is 1350. The van der Waals surface area contributed by atoms with Gasteiger partial charge in [0.05, 0.1) is 27.0 Å². The van der Waals surface area contributed by atoms with E-state index >= 15 is 0 Å². The summed E-state index contributed by atoms with van der Waals surface area (Å²) in [5.41, 5.74) is -0.191. The van der Waals surface area contributed by atoms with Crippen molar-refractivity contribution >= 4 is 58.5 Å². The van der Waals surface area contributed by atoms with E-state index < -0.39 is 34.5 Å². The zero-order chi connectivity index (χ0) is 26.4. The van der Waals surface area contributed by atoms with E-state index in [9.17, 15) is 28.7 Å². The Kier molecular flexibility index (Phi) is 8.68. The molecule has 0 aromatic heterocycles. The number of benzene rings is 3. The molecule has 2 amide bonds. The zero-order valence-corrected chi connectivity index (χ0v) is 20.3. The van der Waals surface area contributed by atoms with Crippen molar-refractivity contribution in [2.75, 3.05) is 10.6 Å². The molecule has 11 heteroatoms. The highest BCUT2D eigenvalue weighted by Crippen LogP contribution is 2.29. The number of thioether (sulfide) groups is 1. The Balaban J connectivity index is 1.74. The number of carboxylic acids is 2. The third kappa shape index (κ3) is 6.61. The number of hydrogen-bond acceptors (Lipinski definition) is 5. The number of carbonyl (C=O) groups excluding carboxylic acids is 2. The molecule has 3 rings (SSSR count). The van der Waals surface area contributed by atoms with Gasteiger partial charge in [0.1, 0.15) is 5.82 Å². The average molecular weight is 531 g/mol. The van der Waals surface area contributed by atoms with Crippen LogP contribution in [0.15, 0.2) is 65.6 Å². The number of halogens is 2. The van der Waals surface area contributed by atoms with Crippen LogP contribution in [0.3, 0.4) is 0 Å². The van der Waals surface area contributed by atoms with Crippen molar-refractivity contribution in [2.45, 2.75) is 23.5 Å². The highest BCUT2D eigenvalue weighted by Gasteiger charge is 2.21. The first-order valence-corrected chi connectivity index (χ1v) is 11.8. The summed E-state index contributed by atoms with van der Waals surface area (Å²) in [5.74, 6) is -4.39. The summed E-state index contributed by atoms with van der Waals surface area (Å²) < 4.78 is 13.4. The Labute approximate surface area is 214 Å². The van der Waals surface area contributed by atoms with E-state index in [-0.39, 0.29) is 22.1 Å². The van der Waals surface area contributed by atoms with Crippen molar-refractivity contribution in [3.05, 3.63) is 88.2 Å². The molecule has 4 N–H and O–H groups in total. The van der Waals surface area contributed by atoms with E-state index in [1.807, 2.05) is 6.92 Å². The van der Waals surface area contributed by atoms with Crippen LogP contribution >= 0.6 is 23.4 Å². The summed E-state index contributed by atoms with van der Waals surface area (Å²) in [6, 6.07) is 13.7. The maximum Gasteiger partial charge on any atom is 0.336 e. The van der Waals surface area contributed by atoms with Gasteiger partial charge < -0.3 is 20.8 Å². The van der Waals surface area contributed by atoms with Crippen LogP contribution in [0.2, 0.25) is 5.02 Å². The van der Waals surface area contributed by atoms with Crippen molar-refractivity contribution in [2.24, 2.45) is 0 Å². The Morgan fingerprint density at radius 1 is 0.917 bits per heavy atom. The number of nitrogens with one attached hydrogen (secondary N) is 2. The van der Waals surface area contributed by atoms with Gasteiger partial charge in [0.15, 0.2) is 0 Å².